The number of carbonyl (C=O) groups is 1. The molecule has 1 aliphatic carbocycles. The molecule has 0 saturated heterocycles. The normalized spacial score (nSPS) is 16.8. The Hall–Kier alpha value is -1.31. The molecule has 2 nitrogen and oxygen atoms in total. The zero-order chi connectivity index (χ0) is 11.8. The van der Waals surface area contributed by atoms with Crippen molar-refractivity contribution in [3.63, 3.8) is 0 Å². The van der Waals surface area contributed by atoms with Crippen LogP contribution in [0.5, 0.6) is 5.75 Å². The fourth-order valence-electron chi connectivity index (χ4n) is 2.92. The van der Waals surface area contributed by atoms with Crippen molar-refractivity contribution in [2.45, 2.75) is 44.9 Å². The van der Waals surface area contributed by atoms with Gasteiger partial charge in [-0.2, -0.15) is 0 Å². The number of aromatic hydroxyl groups is 1. The minimum absolute atomic E-state index is 0.267. The average Bonchev–Trinajstić information content (AvgIpc) is 2.28. The van der Waals surface area contributed by atoms with Crippen molar-refractivity contribution >= 4 is 5.78 Å². The molecule has 2 heteroatoms. The highest BCUT2D eigenvalue weighted by molar-refractivity contribution is 6.14. The van der Waals surface area contributed by atoms with Crippen LogP contribution in [0.1, 0.15) is 55.5 Å². The smallest absolute Gasteiger partial charge is 0.173 e. The first kappa shape index (κ1) is 11.2. The first-order chi connectivity index (χ1) is 7.65. The Kier molecular flexibility index (Phi) is 2.75. The average molecular weight is 218 g/mol. The summed E-state index contributed by atoms with van der Waals surface area (Å²) in [5.41, 5.74) is 1.57. The first-order valence-electron chi connectivity index (χ1n) is 6.04. The molecule has 1 aromatic carbocycles. The van der Waals surface area contributed by atoms with Crippen LogP contribution in [0, 0.1) is 0 Å². The molecule has 0 aliphatic heterocycles. The summed E-state index contributed by atoms with van der Waals surface area (Å²) in [6, 6.07) is 5.11. The van der Waals surface area contributed by atoms with Gasteiger partial charge < -0.3 is 5.11 Å². The van der Waals surface area contributed by atoms with E-state index in [4.69, 9.17) is 0 Å². The Morgan fingerprint density at radius 2 is 1.81 bits per heavy atom. The summed E-state index contributed by atoms with van der Waals surface area (Å²) in [7, 11) is 0. The van der Waals surface area contributed by atoms with Crippen molar-refractivity contribution in [3.05, 3.63) is 29.3 Å². The second-order valence-electron chi connectivity index (χ2n) is 4.64. The highest BCUT2D eigenvalue weighted by atomic mass is 16.3. The lowest BCUT2D eigenvalue weighted by Crippen LogP contribution is -2.46. The lowest BCUT2D eigenvalue weighted by atomic mass is 9.58. The zero-order valence-corrected chi connectivity index (χ0v) is 9.92. The fraction of sp³-hybridized carbons (Fsp3) is 0.500. The van der Waals surface area contributed by atoms with E-state index in [2.05, 4.69) is 13.8 Å². The van der Waals surface area contributed by atoms with Crippen LogP contribution in [0.25, 0.3) is 0 Å². The van der Waals surface area contributed by atoms with E-state index in [1.165, 1.54) is 0 Å². The van der Waals surface area contributed by atoms with Gasteiger partial charge in [-0.3, -0.25) is 4.79 Å². The van der Waals surface area contributed by atoms with Crippen LogP contribution in [0.15, 0.2) is 18.2 Å². The number of fused-ring (bicyclic) bond motifs is 1. The molecular formula is C14H18O2. The molecule has 1 aliphatic rings. The van der Waals surface area contributed by atoms with Gasteiger partial charge in [-0.1, -0.05) is 26.7 Å². The topological polar surface area (TPSA) is 37.3 Å². The summed E-state index contributed by atoms with van der Waals surface area (Å²) >= 11 is 0. The molecule has 0 atom stereocenters. The summed E-state index contributed by atoms with van der Waals surface area (Å²) in [6.07, 6.45) is 3.80. The predicted octanol–water partition coefficient (Wildman–Crippen LogP) is 3.43. The van der Waals surface area contributed by atoms with E-state index >= 15 is 0 Å². The van der Waals surface area contributed by atoms with E-state index < -0.39 is 0 Å². The second kappa shape index (κ2) is 3.93. The van der Waals surface area contributed by atoms with Gasteiger partial charge in [0.25, 0.3) is 0 Å². The molecule has 0 aromatic heterocycles. The van der Waals surface area contributed by atoms with Crippen LogP contribution in [0.3, 0.4) is 0 Å². The van der Waals surface area contributed by atoms with Crippen molar-refractivity contribution in [2.75, 3.05) is 0 Å². The van der Waals surface area contributed by atoms with Crippen LogP contribution >= 0.6 is 0 Å². The van der Waals surface area contributed by atoms with Crippen molar-refractivity contribution in [1.29, 1.82) is 0 Å². The van der Waals surface area contributed by atoms with Crippen molar-refractivity contribution in [2.24, 2.45) is 0 Å². The second-order valence-corrected chi connectivity index (χ2v) is 4.64. The van der Waals surface area contributed by atoms with Gasteiger partial charge in [0.05, 0.1) is 5.41 Å². The monoisotopic (exact) mass is 218 g/mol. The maximum atomic E-state index is 12.2. The van der Waals surface area contributed by atoms with E-state index in [1.807, 2.05) is 0 Å². The van der Waals surface area contributed by atoms with Crippen molar-refractivity contribution in [1.82, 2.24) is 0 Å². The highest BCUT2D eigenvalue weighted by Gasteiger charge is 2.49. The first-order valence-corrected chi connectivity index (χ1v) is 6.04. The Labute approximate surface area is 96.3 Å². The number of phenols is 1. The maximum Gasteiger partial charge on any atom is 0.173 e. The zero-order valence-electron chi connectivity index (χ0n) is 9.92. The van der Waals surface area contributed by atoms with Crippen LogP contribution < -0.4 is 0 Å². The van der Waals surface area contributed by atoms with Gasteiger partial charge >= 0.3 is 0 Å². The van der Waals surface area contributed by atoms with Crippen molar-refractivity contribution < 1.29 is 9.90 Å². The lowest BCUT2D eigenvalue weighted by Gasteiger charge is -2.42. The summed E-state index contributed by atoms with van der Waals surface area (Å²) < 4.78 is 0. The molecular weight excluding hydrogens is 200 g/mol. The summed E-state index contributed by atoms with van der Waals surface area (Å²) in [5, 5.41) is 9.52. The summed E-state index contributed by atoms with van der Waals surface area (Å²) in [5.74, 6) is 0.536. The number of phenolic OH excluding ortho intramolecular Hbond substituents is 1. The van der Waals surface area contributed by atoms with Crippen LogP contribution in [-0.4, -0.2) is 10.9 Å². The van der Waals surface area contributed by atoms with Gasteiger partial charge in [0.2, 0.25) is 0 Å². The van der Waals surface area contributed by atoms with Gasteiger partial charge in [0, 0.05) is 5.56 Å². The molecule has 0 radical (unpaired) electrons. The molecule has 1 aromatic rings. The summed E-state index contributed by atoms with van der Waals surface area (Å²) in [4.78, 5) is 12.2. The van der Waals surface area contributed by atoms with E-state index in [1.54, 1.807) is 18.2 Å². The standard InChI is InChI=1S/C14H18O2/c1-3-7-14(8-4-2)12-9-10(15)5-6-11(12)13(14)16/h5-6,9,15H,3-4,7-8H2,1-2H3. The third kappa shape index (κ3) is 1.36. The molecule has 0 bridgehead atoms. The minimum Gasteiger partial charge on any atom is -0.508 e. The van der Waals surface area contributed by atoms with E-state index in [0.717, 1.165) is 36.8 Å². The van der Waals surface area contributed by atoms with E-state index in [9.17, 15) is 9.90 Å². The molecule has 16 heavy (non-hydrogen) atoms. The fourth-order valence-corrected chi connectivity index (χ4v) is 2.92. The number of rotatable bonds is 4. The maximum absolute atomic E-state index is 12.2. The Morgan fingerprint density at radius 1 is 1.19 bits per heavy atom. The number of carbonyl (C=O) groups excluding carboxylic acids is 1. The molecule has 0 fully saturated rings. The molecule has 0 spiro atoms. The molecule has 0 saturated carbocycles. The Bertz CT molecular complexity index is 415. The van der Waals surface area contributed by atoms with Gasteiger partial charge in [0.15, 0.2) is 5.78 Å². The van der Waals surface area contributed by atoms with E-state index in [-0.39, 0.29) is 16.9 Å². The molecule has 0 amide bonds. The number of hydrogen-bond acceptors (Lipinski definition) is 2. The van der Waals surface area contributed by atoms with Crippen molar-refractivity contribution in [3.8, 4) is 5.75 Å². The number of Topliss-reactive ketones (excluding diaryl/α,β-unsaturated/α-hetero) is 1. The minimum atomic E-state index is -0.294. The largest absolute Gasteiger partial charge is 0.508 e. The summed E-state index contributed by atoms with van der Waals surface area (Å²) in [6.45, 7) is 4.21. The Morgan fingerprint density at radius 3 is 2.38 bits per heavy atom. The number of benzene rings is 1. The van der Waals surface area contributed by atoms with Crippen LogP contribution in [0.2, 0.25) is 0 Å². The predicted molar refractivity (Wildman–Crippen MR) is 63.9 cm³/mol. The third-order valence-electron chi connectivity index (χ3n) is 3.55. The van der Waals surface area contributed by atoms with Gasteiger partial charge in [0.1, 0.15) is 5.75 Å². The quantitative estimate of drug-likeness (QED) is 0.840. The Balaban J connectivity index is 2.45. The highest BCUT2D eigenvalue weighted by Crippen LogP contribution is 2.48. The van der Waals surface area contributed by atoms with Gasteiger partial charge in [-0.15, -0.1) is 0 Å². The SMILES string of the molecule is CCCC1(CCC)C(=O)c2ccc(O)cc21. The number of ketones is 1. The van der Waals surface area contributed by atoms with E-state index in [0.29, 0.717) is 0 Å². The molecule has 0 heterocycles. The van der Waals surface area contributed by atoms with Crippen LogP contribution in [-0.2, 0) is 5.41 Å². The molecule has 0 unspecified atom stereocenters. The lowest BCUT2D eigenvalue weighted by molar-refractivity contribution is 0.0807. The molecule has 1 N–H and O–H groups in total. The third-order valence-corrected chi connectivity index (χ3v) is 3.55. The molecule has 2 rings (SSSR count). The number of hydrogen-bond donors (Lipinski definition) is 1. The van der Waals surface area contributed by atoms with Gasteiger partial charge in [-0.25, -0.2) is 0 Å². The molecule has 86 valence electrons. The van der Waals surface area contributed by atoms with Crippen LogP contribution in [0.4, 0.5) is 0 Å². The van der Waals surface area contributed by atoms with Gasteiger partial charge in [-0.05, 0) is 36.6 Å².